The first-order valence-electron chi connectivity index (χ1n) is 5.75. The largest absolute Gasteiger partial charge is 0.300 e. The van der Waals surface area contributed by atoms with Crippen molar-refractivity contribution in [3.63, 3.8) is 0 Å². The van der Waals surface area contributed by atoms with Crippen molar-refractivity contribution in [1.29, 1.82) is 0 Å². The predicted octanol–water partition coefficient (Wildman–Crippen LogP) is 2.86. The molecule has 0 aliphatic rings. The van der Waals surface area contributed by atoms with Crippen LogP contribution in [0.5, 0.6) is 0 Å². The summed E-state index contributed by atoms with van der Waals surface area (Å²) in [5.74, 6) is 0. The SMILES string of the molecule is Cc1nn(C)c(CNC(C)(C)c2nccs2)c1Cl. The van der Waals surface area contributed by atoms with E-state index in [0.29, 0.717) is 6.54 Å². The minimum Gasteiger partial charge on any atom is -0.300 e. The van der Waals surface area contributed by atoms with Crippen LogP contribution in [0.1, 0.15) is 30.2 Å². The number of rotatable bonds is 4. The highest BCUT2D eigenvalue weighted by Gasteiger charge is 2.23. The molecule has 0 unspecified atom stereocenters. The predicted molar refractivity (Wildman–Crippen MR) is 74.9 cm³/mol. The summed E-state index contributed by atoms with van der Waals surface area (Å²) < 4.78 is 1.82. The number of hydrogen-bond donors (Lipinski definition) is 1. The average molecular weight is 285 g/mol. The van der Waals surface area contributed by atoms with Gasteiger partial charge in [0.1, 0.15) is 5.01 Å². The van der Waals surface area contributed by atoms with Crippen molar-refractivity contribution in [1.82, 2.24) is 20.1 Å². The van der Waals surface area contributed by atoms with Crippen molar-refractivity contribution in [2.75, 3.05) is 0 Å². The lowest BCUT2D eigenvalue weighted by atomic mass is 10.1. The molecule has 0 bridgehead atoms. The van der Waals surface area contributed by atoms with E-state index in [-0.39, 0.29) is 5.54 Å². The van der Waals surface area contributed by atoms with E-state index in [0.717, 1.165) is 21.4 Å². The first-order valence-corrected chi connectivity index (χ1v) is 7.00. The van der Waals surface area contributed by atoms with Crippen LogP contribution in [-0.4, -0.2) is 14.8 Å². The third-order valence-electron chi connectivity index (χ3n) is 2.93. The Bertz CT molecular complexity index is 531. The molecule has 2 heterocycles. The highest BCUT2D eigenvalue weighted by Crippen LogP contribution is 2.24. The van der Waals surface area contributed by atoms with Crippen LogP contribution in [0.3, 0.4) is 0 Å². The quantitative estimate of drug-likeness (QED) is 0.939. The first kappa shape index (κ1) is 13.5. The fraction of sp³-hybridized carbons (Fsp3) is 0.500. The number of aromatic nitrogens is 3. The Balaban J connectivity index is 2.12. The molecule has 0 atom stereocenters. The fourth-order valence-electron chi connectivity index (χ4n) is 1.78. The second-order valence-electron chi connectivity index (χ2n) is 4.79. The molecule has 1 N–H and O–H groups in total. The Labute approximate surface area is 116 Å². The van der Waals surface area contributed by atoms with E-state index in [9.17, 15) is 0 Å². The van der Waals surface area contributed by atoms with Crippen molar-refractivity contribution < 1.29 is 0 Å². The summed E-state index contributed by atoms with van der Waals surface area (Å²) in [6, 6.07) is 0. The van der Waals surface area contributed by atoms with Crippen LogP contribution < -0.4 is 5.32 Å². The number of nitrogens with zero attached hydrogens (tertiary/aromatic N) is 3. The van der Waals surface area contributed by atoms with Crippen LogP contribution in [0.15, 0.2) is 11.6 Å². The second-order valence-corrected chi connectivity index (χ2v) is 6.06. The number of thiazole rings is 1. The molecule has 0 saturated heterocycles. The third kappa shape index (κ3) is 2.58. The van der Waals surface area contributed by atoms with Crippen molar-refractivity contribution in [2.45, 2.75) is 32.9 Å². The topological polar surface area (TPSA) is 42.7 Å². The molecule has 2 aromatic heterocycles. The van der Waals surface area contributed by atoms with E-state index in [4.69, 9.17) is 11.6 Å². The summed E-state index contributed by atoms with van der Waals surface area (Å²) in [6.07, 6.45) is 1.82. The van der Waals surface area contributed by atoms with E-state index in [2.05, 4.69) is 29.2 Å². The Morgan fingerprint density at radius 2 is 2.22 bits per heavy atom. The summed E-state index contributed by atoms with van der Waals surface area (Å²) in [4.78, 5) is 4.35. The molecule has 2 rings (SSSR count). The van der Waals surface area contributed by atoms with Gasteiger partial charge in [0.25, 0.3) is 0 Å². The molecule has 18 heavy (non-hydrogen) atoms. The van der Waals surface area contributed by atoms with Gasteiger partial charge in [-0.15, -0.1) is 11.3 Å². The number of halogens is 1. The van der Waals surface area contributed by atoms with Crippen LogP contribution in [0, 0.1) is 6.92 Å². The molecule has 0 amide bonds. The summed E-state index contributed by atoms with van der Waals surface area (Å²) >= 11 is 7.88. The highest BCUT2D eigenvalue weighted by atomic mass is 35.5. The van der Waals surface area contributed by atoms with Gasteiger partial charge in [0, 0.05) is 25.2 Å². The lowest BCUT2D eigenvalue weighted by Crippen LogP contribution is -2.36. The number of hydrogen-bond acceptors (Lipinski definition) is 4. The van der Waals surface area contributed by atoms with E-state index in [1.165, 1.54) is 0 Å². The van der Waals surface area contributed by atoms with Gasteiger partial charge in [0.2, 0.25) is 0 Å². The number of aryl methyl sites for hydroxylation is 2. The standard InChI is InChI=1S/C12H17ClN4S/c1-8-10(13)9(17(4)16-8)7-15-12(2,3)11-14-5-6-18-11/h5-6,15H,7H2,1-4H3. The summed E-state index contributed by atoms with van der Waals surface area (Å²) in [6.45, 7) is 6.81. The smallest absolute Gasteiger partial charge is 0.112 e. The first-order chi connectivity index (χ1) is 8.42. The molecule has 0 saturated carbocycles. The third-order valence-corrected chi connectivity index (χ3v) is 4.51. The van der Waals surface area contributed by atoms with E-state index < -0.39 is 0 Å². The van der Waals surface area contributed by atoms with E-state index in [1.54, 1.807) is 11.3 Å². The van der Waals surface area contributed by atoms with Gasteiger partial charge >= 0.3 is 0 Å². The maximum Gasteiger partial charge on any atom is 0.112 e. The molecule has 0 spiro atoms. The van der Waals surface area contributed by atoms with Crippen molar-refractivity contribution in [2.24, 2.45) is 7.05 Å². The van der Waals surface area contributed by atoms with Crippen LogP contribution in [0.2, 0.25) is 5.02 Å². The fourth-order valence-corrected chi connectivity index (χ4v) is 2.75. The molecule has 98 valence electrons. The van der Waals surface area contributed by atoms with Gasteiger partial charge in [-0.2, -0.15) is 5.10 Å². The molecule has 4 nitrogen and oxygen atoms in total. The molecule has 0 fully saturated rings. The molecule has 2 aromatic rings. The van der Waals surface area contributed by atoms with Gasteiger partial charge in [0.05, 0.1) is 21.9 Å². The Morgan fingerprint density at radius 1 is 1.50 bits per heavy atom. The lowest BCUT2D eigenvalue weighted by Gasteiger charge is -2.24. The highest BCUT2D eigenvalue weighted by molar-refractivity contribution is 7.09. The minimum atomic E-state index is -0.171. The van der Waals surface area contributed by atoms with Crippen LogP contribution in [0.25, 0.3) is 0 Å². The van der Waals surface area contributed by atoms with Crippen molar-refractivity contribution in [3.05, 3.63) is 33.0 Å². The molecule has 0 aliphatic heterocycles. The number of nitrogens with one attached hydrogen (secondary N) is 1. The van der Waals surface area contributed by atoms with Gasteiger partial charge < -0.3 is 5.32 Å². The zero-order valence-electron chi connectivity index (χ0n) is 11.0. The summed E-state index contributed by atoms with van der Waals surface area (Å²) in [5.41, 5.74) is 1.69. The van der Waals surface area contributed by atoms with Gasteiger partial charge in [0.15, 0.2) is 0 Å². The molecule has 0 aromatic carbocycles. The second kappa shape index (κ2) is 4.99. The lowest BCUT2D eigenvalue weighted by molar-refractivity contribution is 0.392. The van der Waals surface area contributed by atoms with Crippen LogP contribution >= 0.6 is 22.9 Å². The van der Waals surface area contributed by atoms with Gasteiger partial charge in [-0.05, 0) is 20.8 Å². The summed E-state index contributed by atoms with van der Waals surface area (Å²) in [7, 11) is 1.91. The van der Waals surface area contributed by atoms with E-state index in [1.807, 2.05) is 30.2 Å². The van der Waals surface area contributed by atoms with Crippen LogP contribution in [0.4, 0.5) is 0 Å². The monoisotopic (exact) mass is 284 g/mol. The molecule has 0 aliphatic carbocycles. The maximum atomic E-state index is 6.23. The zero-order valence-corrected chi connectivity index (χ0v) is 12.6. The Kier molecular flexibility index (Phi) is 3.75. The van der Waals surface area contributed by atoms with Gasteiger partial charge in [-0.25, -0.2) is 4.98 Å². The van der Waals surface area contributed by atoms with Crippen molar-refractivity contribution >= 4 is 22.9 Å². The Hall–Kier alpha value is -0.910. The minimum absolute atomic E-state index is 0.171. The average Bonchev–Trinajstić information content (AvgIpc) is 2.88. The van der Waals surface area contributed by atoms with E-state index >= 15 is 0 Å². The van der Waals surface area contributed by atoms with Crippen LogP contribution in [-0.2, 0) is 19.1 Å². The Morgan fingerprint density at radius 3 is 2.72 bits per heavy atom. The molecule has 6 heteroatoms. The molecular weight excluding hydrogens is 268 g/mol. The van der Waals surface area contributed by atoms with Crippen molar-refractivity contribution in [3.8, 4) is 0 Å². The summed E-state index contributed by atoms with van der Waals surface area (Å²) in [5, 5.41) is 11.6. The van der Waals surface area contributed by atoms with Gasteiger partial charge in [-0.1, -0.05) is 11.6 Å². The zero-order chi connectivity index (χ0) is 13.3. The van der Waals surface area contributed by atoms with Gasteiger partial charge in [-0.3, -0.25) is 4.68 Å². The normalized spacial score (nSPS) is 12.1. The maximum absolute atomic E-state index is 6.23. The molecular formula is C12H17ClN4S. The molecule has 0 radical (unpaired) electrons.